The van der Waals surface area contributed by atoms with Crippen LogP contribution in [0.25, 0.3) is 0 Å². The average molecular weight is 560 g/mol. The summed E-state index contributed by atoms with van der Waals surface area (Å²) in [6.07, 6.45) is -3.42. The molecule has 3 heterocycles. The lowest BCUT2D eigenvalue weighted by Gasteiger charge is -2.40. The van der Waals surface area contributed by atoms with Gasteiger partial charge >= 0.3 is 6.18 Å². The number of nitrogens with one attached hydrogen (secondary N) is 1. The first-order valence-corrected chi connectivity index (χ1v) is 13.9. The fourth-order valence-electron chi connectivity index (χ4n) is 5.97. The number of fused-ring (bicyclic) bond motifs is 1. The van der Waals surface area contributed by atoms with E-state index in [0.717, 1.165) is 15.8 Å². The lowest BCUT2D eigenvalue weighted by molar-refractivity contribution is -0.173. The van der Waals surface area contributed by atoms with Gasteiger partial charge in [-0.15, -0.1) is 0 Å². The van der Waals surface area contributed by atoms with Crippen molar-refractivity contribution in [2.75, 3.05) is 31.5 Å². The van der Waals surface area contributed by atoms with E-state index in [9.17, 15) is 18.0 Å². The van der Waals surface area contributed by atoms with E-state index in [-0.39, 0.29) is 29.8 Å². The summed E-state index contributed by atoms with van der Waals surface area (Å²) in [5, 5.41) is 7.28. The second-order valence-electron chi connectivity index (χ2n) is 10.8. The zero-order valence-corrected chi connectivity index (χ0v) is 22.8. The van der Waals surface area contributed by atoms with Crippen molar-refractivity contribution < 1.29 is 18.0 Å². The Morgan fingerprint density at radius 3 is 2.02 bits per heavy atom. The van der Waals surface area contributed by atoms with Gasteiger partial charge in [0.25, 0.3) is 5.91 Å². The van der Waals surface area contributed by atoms with Crippen LogP contribution in [0.2, 0.25) is 0 Å². The molecule has 0 saturated carbocycles. The van der Waals surface area contributed by atoms with E-state index in [4.69, 9.17) is 0 Å². The van der Waals surface area contributed by atoms with Gasteiger partial charge in [0.15, 0.2) is 6.04 Å². The third kappa shape index (κ3) is 5.46. The van der Waals surface area contributed by atoms with Gasteiger partial charge in [0.05, 0.1) is 18.3 Å². The molecule has 1 amide bonds. The molecule has 4 aromatic rings. The van der Waals surface area contributed by atoms with E-state index in [1.165, 1.54) is 17.3 Å². The summed E-state index contributed by atoms with van der Waals surface area (Å²) in [4.78, 5) is 17.8. The molecule has 1 fully saturated rings. The van der Waals surface area contributed by atoms with Crippen LogP contribution in [-0.2, 0) is 0 Å². The van der Waals surface area contributed by atoms with E-state index in [1.807, 2.05) is 67.6 Å². The molecular weight excluding hydrogens is 527 g/mol. The number of amides is 1. The summed E-state index contributed by atoms with van der Waals surface area (Å²) < 4.78 is 43.4. The van der Waals surface area contributed by atoms with Gasteiger partial charge in [-0.3, -0.25) is 9.69 Å². The molecule has 0 radical (unpaired) electrons. The zero-order valence-electron chi connectivity index (χ0n) is 22.8. The Morgan fingerprint density at radius 2 is 1.46 bits per heavy atom. The number of rotatable bonds is 5. The molecule has 2 atom stereocenters. The molecule has 9 heteroatoms. The van der Waals surface area contributed by atoms with Gasteiger partial charge in [0.1, 0.15) is 11.4 Å². The molecule has 212 valence electrons. The maximum absolute atomic E-state index is 14.1. The second-order valence-corrected chi connectivity index (χ2v) is 10.8. The topological polar surface area (TPSA) is 53.4 Å². The molecule has 2 aliphatic heterocycles. The molecule has 0 bridgehead atoms. The Labute approximate surface area is 237 Å². The van der Waals surface area contributed by atoms with Crippen LogP contribution in [0.1, 0.15) is 57.2 Å². The molecule has 0 spiro atoms. The maximum atomic E-state index is 14.1. The summed E-state index contributed by atoms with van der Waals surface area (Å²) in [6.45, 7) is 4.13. The van der Waals surface area contributed by atoms with Crippen molar-refractivity contribution in [2.24, 2.45) is 0 Å². The van der Waals surface area contributed by atoms with Crippen LogP contribution < -0.4 is 5.32 Å². The lowest BCUT2D eigenvalue weighted by Crippen LogP contribution is -2.50. The summed E-state index contributed by atoms with van der Waals surface area (Å²) in [5.74, 6) is -0.178. The summed E-state index contributed by atoms with van der Waals surface area (Å²) in [6, 6.07) is 25.6. The highest BCUT2D eigenvalue weighted by Gasteiger charge is 2.47. The van der Waals surface area contributed by atoms with E-state index in [0.29, 0.717) is 26.2 Å². The van der Waals surface area contributed by atoms with E-state index >= 15 is 0 Å². The van der Waals surface area contributed by atoms with Crippen molar-refractivity contribution >= 4 is 11.7 Å². The molecule has 41 heavy (non-hydrogen) atoms. The van der Waals surface area contributed by atoms with Crippen LogP contribution in [0.5, 0.6) is 0 Å². The third-order valence-electron chi connectivity index (χ3n) is 8.15. The molecule has 0 aliphatic carbocycles. The van der Waals surface area contributed by atoms with E-state index in [2.05, 4.69) is 39.6 Å². The Kier molecular flexibility index (Phi) is 7.30. The highest BCUT2D eigenvalue weighted by molar-refractivity contribution is 5.99. The van der Waals surface area contributed by atoms with Crippen LogP contribution in [0.15, 0.2) is 91.1 Å². The van der Waals surface area contributed by atoms with Gasteiger partial charge in [0.2, 0.25) is 0 Å². The Balaban J connectivity index is 1.23. The number of benzene rings is 3. The minimum atomic E-state index is -4.50. The molecular formula is C32H32F3N5O. The highest BCUT2D eigenvalue weighted by Crippen LogP contribution is 2.44. The number of aromatic nitrogens is 2. The molecule has 0 unspecified atom stereocenters. The Bertz CT molecular complexity index is 1440. The minimum absolute atomic E-state index is 0.0445. The van der Waals surface area contributed by atoms with Gasteiger partial charge in [-0.25, -0.2) is 4.68 Å². The average Bonchev–Trinajstić information content (AvgIpc) is 3.42. The Morgan fingerprint density at radius 1 is 0.878 bits per heavy atom. The number of carbonyl (C=O) groups excluding carboxylic acids is 1. The maximum Gasteiger partial charge on any atom is 0.410 e. The SMILES string of the molecule is Cc1ccc([C@H]2C[C@H](C(F)(F)F)n3ncc(C(=O)N4CCN(C(c5ccccc5)c5ccccc5)CC4)c3N2)cc1. The number of aryl methyl sites for hydroxylation is 1. The van der Waals surface area contributed by atoms with Crippen LogP contribution in [-0.4, -0.2) is 57.8 Å². The van der Waals surface area contributed by atoms with Crippen molar-refractivity contribution in [1.29, 1.82) is 0 Å². The molecule has 1 N–H and O–H groups in total. The van der Waals surface area contributed by atoms with Gasteiger partial charge in [0, 0.05) is 32.6 Å². The number of alkyl halides is 3. The van der Waals surface area contributed by atoms with Crippen molar-refractivity contribution in [1.82, 2.24) is 19.6 Å². The van der Waals surface area contributed by atoms with Gasteiger partial charge < -0.3 is 10.2 Å². The summed E-state index contributed by atoms with van der Waals surface area (Å²) in [5.41, 5.74) is 4.30. The van der Waals surface area contributed by atoms with Gasteiger partial charge in [-0.1, -0.05) is 90.5 Å². The highest BCUT2D eigenvalue weighted by atomic mass is 19.4. The van der Waals surface area contributed by atoms with E-state index in [1.54, 1.807) is 4.90 Å². The second kappa shape index (κ2) is 11.0. The van der Waals surface area contributed by atoms with Gasteiger partial charge in [-0.2, -0.15) is 18.3 Å². The number of hydrogen-bond donors (Lipinski definition) is 1. The number of hydrogen-bond acceptors (Lipinski definition) is 4. The monoisotopic (exact) mass is 559 g/mol. The molecule has 2 aliphatic rings. The van der Waals surface area contributed by atoms with Crippen LogP contribution in [0.4, 0.5) is 19.0 Å². The lowest BCUT2D eigenvalue weighted by atomic mass is 9.95. The smallest absolute Gasteiger partial charge is 0.363 e. The molecule has 6 rings (SSSR count). The molecule has 1 aromatic heterocycles. The van der Waals surface area contributed by atoms with Crippen molar-refractivity contribution in [3.63, 3.8) is 0 Å². The van der Waals surface area contributed by atoms with Crippen LogP contribution in [0.3, 0.4) is 0 Å². The standard InChI is InChI=1S/C32H32F3N5O/c1-22-12-14-23(15-13-22)27-20-28(32(33,34)35)40-30(37-27)26(21-36-40)31(41)39-18-16-38(17-19-39)29(24-8-4-2-5-9-24)25-10-6-3-7-11-25/h2-15,21,27-29,37H,16-20H2,1H3/t27-,28-/m1/s1. The molecule has 6 nitrogen and oxygen atoms in total. The first kappa shape index (κ1) is 27.1. The van der Waals surface area contributed by atoms with Crippen LogP contribution >= 0.6 is 0 Å². The van der Waals surface area contributed by atoms with Crippen LogP contribution in [0, 0.1) is 6.92 Å². The largest absolute Gasteiger partial charge is 0.410 e. The number of carbonyl (C=O) groups is 1. The number of piperazine rings is 1. The molecule has 1 saturated heterocycles. The van der Waals surface area contributed by atoms with Crippen molar-refractivity contribution in [2.45, 2.75) is 37.6 Å². The fraction of sp³-hybridized carbons (Fsp3) is 0.312. The third-order valence-corrected chi connectivity index (χ3v) is 8.15. The predicted molar refractivity (Wildman–Crippen MR) is 152 cm³/mol. The Hall–Kier alpha value is -4.11. The predicted octanol–water partition coefficient (Wildman–Crippen LogP) is 6.40. The summed E-state index contributed by atoms with van der Waals surface area (Å²) >= 11 is 0. The van der Waals surface area contributed by atoms with Gasteiger partial charge in [-0.05, 0) is 23.6 Å². The van der Waals surface area contributed by atoms with Crippen molar-refractivity contribution in [3.8, 4) is 0 Å². The number of nitrogens with zero attached hydrogens (tertiary/aromatic N) is 4. The number of halogens is 3. The van der Waals surface area contributed by atoms with Crippen molar-refractivity contribution in [3.05, 3.63) is 119 Å². The molecule has 3 aromatic carbocycles. The fourth-order valence-corrected chi connectivity index (χ4v) is 5.97. The summed E-state index contributed by atoms with van der Waals surface area (Å²) in [7, 11) is 0. The zero-order chi connectivity index (χ0) is 28.6. The quantitative estimate of drug-likeness (QED) is 0.308. The van der Waals surface area contributed by atoms with E-state index < -0.39 is 18.3 Å². The number of anilines is 1. The minimum Gasteiger partial charge on any atom is -0.363 e. The normalized spacial score (nSPS) is 19.6. The first-order chi connectivity index (χ1) is 19.8. The first-order valence-electron chi connectivity index (χ1n) is 13.9.